The van der Waals surface area contributed by atoms with Crippen LogP contribution < -0.4 is 0 Å². The summed E-state index contributed by atoms with van der Waals surface area (Å²) in [5.74, 6) is 1.16. The Hall–Kier alpha value is -1.84. The van der Waals surface area contributed by atoms with Crippen LogP contribution in [0.25, 0.3) is 11.0 Å². The van der Waals surface area contributed by atoms with Crippen molar-refractivity contribution in [3.8, 4) is 0 Å². The normalized spacial score (nSPS) is 18.3. The van der Waals surface area contributed by atoms with Crippen molar-refractivity contribution in [3.05, 3.63) is 64.4 Å². The van der Waals surface area contributed by atoms with Crippen molar-refractivity contribution in [2.75, 3.05) is 6.54 Å². The molecule has 1 fully saturated rings. The van der Waals surface area contributed by atoms with Gasteiger partial charge in [-0.2, -0.15) is 0 Å². The number of nitrogens with zero attached hydrogens (tertiary/aromatic N) is 3. The monoisotopic (exact) mass is 353 g/mol. The van der Waals surface area contributed by atoms with Crippen molar-refractivity contribution in [2.45, 2.75) is 45.8 Å². The summed E-state index contributed by atoms with van der Waals surface area (Å²) in [6.45, 7) is 7.38. The lowest BCUT2D eigenvalue weighted by Gasteiger charge is -2.21. The molecule has 1 atom stereocenters. The molecule has 2 aromatic carbocycles. The van der Waals surface area contributed by atoms with Gasteiger partial charge in [-0.1, -0.05) is 29.8 Å². The molecule has 0 spiro atoms. The Labute approximate surface area is 154 Å². The van der Waals surface area contributed by atoms with Gasteiger partial charge in [0, 0.05) is 17.6 Å². The zero-order valence-corrected chi connectivity index (χ0v) is 15.6. The van der Waals surface area contributed by atoms with Gasteiger partial charge in [-0.25, -0.2) is 4.98 Å². The Bertz CT molecular complexity index is 882. The van der Waals surface area contributed by atoms with Crippen molar-refractivity contribution >= 4 is 22.6 Å². The largest absolute Gasteiger partial charge is 0.322 e. The van der Waals surface area contributed by atoms with Crippen molar-refractivity contribution < 1.29 is 0 Å². The van der Waals surface area contributed by atoms with Gasteiger partial charge in [-0.3, -0.25) is 4.90 Å². The number of imidazole rings is 1. The van der Waals surface area contributed by atoms with E-state index in [1.54, 1.807) is 0 Å². The highest BCUT2D eigenvalue weighted by atomic mass is 35.5. The fraction of sp³-hybridized carbons (Fsp3) is 0.381. The molecule has 3 nitrogen and oxygen atoms in total. The number of benzene rings is 2. The first kappa shape index (κ1) is 16.6. The van der Waals surface area contributed by atoms with E-state index < -0.39 is 0 Å². The van der Waals surface area contributed by atoms with Gasteiger partial charge in [0.1, 0.15) is 5.82 Å². The molecule has 1 aliphatic heterocycles. The van der Waals surface area contributed by atoms with Gasteiger partial charge in [-0.15, -0.1) is 0 Å². The highest BCUT2D eigenvalue weighted by molar-refractivity contribution is 6.30. The van der Waals surface area contributed by atoms with E-state index in [0.717, 1.165) is 29.5 Å². The van der Waals surface area contributed by atoms with E-state index in [1.807, 2.05) is 12.1 Å². The summed E-state index contributed by atoms with van der Waals surface area (Å²) in [6, 6.07) is 15.3. The number of likely N-dealkylation sites (tertiary alicyclic amines) is 1. The molecule has 4 rings (SSSR count). The lowest BCUT2D eigenvalue weighted by atomic mass is 10.2. The number of hydrogen-bond acceptors (Lipinski definition) is 2. The van der Waals surface area contributed by atoms with Gasteiger partial charge < -0.3 is 4.57 Å². The fourth-order valence-electron chi connectivity index (χ4n) is 3.76. The summed E-state index contributed by atoms with van der Waals surface area (Å²) < 4.78 is 2.37. The summed E-state index contributed by atoms with van der Waals surface area (Å²) >= 11 is 6.04. The predicted molar refractivity (Wildman–Crippen MR) is 104 cm³/mol. The minimum Gasteiger partial charge on any atom is -0.322 e. The number of fused-ring (bicyclic) bond motifs is 1. The van der Waals surface area contributed by atoms with E-state index in [-0.39, 0.29) is 0 Å². The van der Waals surface area contributed by atoms with Crippen LogP contribution in [0.3, 0.4) is 0 Å². The summed E-state index contributed by atoms with van der Waals surface area (Å²) in [6.07, 6.45) is 2.58. The lowest BCUT2D eigenvalue weighted by Crippen LogP contribution is -2.28. The van der Waals surface area contributed by atoms with Gasteiger partial charge in [-0.05, 0) is 68.6 Å². The van der Waals surface area contributed by atoms with Crippen LogP contribution in [0, 0.1) is 6.92 Å². The molecule has 1 aliphatic rings. The third-order valence-corrected chi connectivity index (χ3v) is 5.52. The molecule has 2 heterocycles. The Balaban J connectivity index is 1.74. The maximum absolute atomic E-state index is 6.04. The Morgan fingerprint density at radius 3 is 2.64 bits per heavy atom. The zero-order chi connectivity index (χ0) is 17.4. The molecule has 0 radical (unpaired) electrons. The first-order valence-corrected chi connectivity index (χ1v) is 9.42. The Kier molecular flexibility index (Phi) is 4.53. The molecular weight excluding hydrogens is 330 g/mol. The van der Waals surface area contributed by atoms with Crippen LogP contribution in [-0.4, -0.2) is 27.0 Å². The van der Waals surface area contributed by atoms with E-state index in [9.17, 15) is 0 Å². The second-order valence-electron chi connectivity index (χ2n) is 7.19. The van der Waals surface area contributed by atoms with Crippen LogP contribution in [0.1, 0.15) is 36.7 Å². The molecule has 0 saturated carbocycles. The fourth-order valence-corrected chi connectivity index (χ4v) is 3.89. The first-order valence-electron chi connectivity index (χ1n) is 9.04. The molecule has 4 heteroatoms. The van der Waals surface area contributed by atoms with Crippen molar-refractivity contribution in [1.82, 2.24) is 14.5 Å². The van der Waals surface area contributed by atoms with Crippen LogP contribution >= 0.6 is 11.6 Å². The molecule has 1 aromatic heterocycles. The molecule has 1 unspecified atom stereocenters. The third-order valence-electron chi connectivity index (χ3n) is 5.27. The average molecular weight is 354 g/mol. The number of rotatable bonds is 4. The van der Waals surface area contributed by atoms with Gasteiger partial charge in [0.05, 0.1) is 17.6 Å². The SMILES string of the molecule is Cc1ccc2nc(CN3CCCC3C)n(Cc3ccc(Cl)cc3)c2c1. The maximum atomic E-state index is 6.04. The molecule has 130 valence electrons. The standard InChI is InChI=1S/C21H24ClN3/c1-15-5-10-19-20(12-15)25(13-17-6-8-18(22)9-7-17)21(23-19)14-24-11-3-4-16(24)2/h5-10,12,16H,3-4,11,13-14H2,1-2H3. The molecule has 0 amide bonds. The van der Waals surface area contributed by atoms with Crippen molar-refractivity contribution in [2.24, 2.45) is 0 Å². The van der Waals surface area contributed by atoms with Crippen LogP contribution in [-0.2, 0) is 13.1 Å². The molecule has 0 N–H and O–H groups in total. The average Bonchev–Trinajstić information content (AvgIpc) is 3.14. The van der Waals surface area contributed by atoms with E-state index in [2.05, 4.69) is 53.6 Å². The summed E-state index contributed by atoms with van der Waals surface area (Å²) in [5.41, 5.74) is 4.82. The minimum absolute atomic E-state index is 0.644. The second-order valence-corrected chi connectivity index (χ2v) is 7.63. The molecule has 25 heavy (non-hydrogen) atoms. The van der Waals surface area contributed by atoms with Gasteiger partial charge in [0.2, 0.25) is 0 Å². The Morgan fingerprint density at radius 2 is 1.92 bits per heavy atom. The topological polar surface area (TPSA) is 21.1 Å². The lowest BCUT2D eigenvalue weighted by molar-refractivity contribution is 0.251. The number of halogens is 1. The second kappa shape index (κ2) is 6.81. The van der Waals surface area contributed by atoms with Crippen LogP contribution in [0.2, 0.25) is 5.02 Å². The smallest absolute Gasteiger partial charge is 0.124 e. The van der Waals surface area contributed by atoms with E-state index in [4.69, 9.17) is 16.6 Å². The van der Waals surface area contributed by atoms with Gasteiger partial charge >= 0.3 is 0 Å². The number of aryl methyl sites for hydroxylation is 1. The minimum atomic E-state index is 0.644. The molecule has 0 aliphatic carbocycles. The van der Waals surface area contributed by atoms with E-state index >= 15 is 0 Å². The van der Waals surface area contributed by atoms with E-state index in [1.165, 1.54) is 36.0 Å². The van der Waals surface area contributed by atoms with Crippen LogP contribution in [0.5, 0.6) is 0 Å². The highest BCUT2D eigenvalue weighted by Gasteiger charge is 2.23. The van der Waals surface area contributed by atoms with E-state index in [0.29, 0.717) is 6.04 Å². The maximum Gasteiger partial charge on any atom is 0.124 e. The van der Waals surface area contributed by atoms with Gasteiger partial charge in [0.15, 0.2) is 0 Å². The van der Waals surface area contributed by atoms with Gasteiger partial charge in [0.25, 0.3) is 0 Å². The molecule has 3 aromatic rings. The zero-order valence-electron chi connectivity index (χ0n) is 14.9. The van der Waals surface area contributed by atoms with Crippen molar-refractivity contribution in [3.63, 3.8) is 0 Å². The Morgan fingerprint density at radius 1 is 1.12 bits per heavy atom. The number of hydrogen-bond donors (Lipinski definition) is 0. The quantitative estimate of drug-likeness (QED) is 0.655. The first-order chi connectivity index (χ1) is 12.1. The highest BCUT2D eigenvalue weighted by Crippen LogP contribution is 2.24. The molecule has 0 bridgehead atoms. The summed E-state index contributed by atoms with van der Waals surface area (Å²) in [4.78, 5) is 7.51. The van der Waals surface area contributed by atoms with Crippen LogP contribution in [0.15, 0.2) is 42.5 Å². The molecule has 1 saturated heterocycles. The van der Waals surface area contributed by atoms with Crippen molar-refractivity contribution in [1.29, 1.82) is 0 Å². The summed E-state index contributed by atoms with van der Waals surface area (Å²) in [5, 5.41) is 0.779. The van der Waals surface area contributed by atoms with Crippen LogP contribution in [0.4, 0.5) is 0 Å². The predicted octanol–water partition coefficient (Wildman–Crippen LogP) is 5.03. The third kappa shape index (κ3) is 3.44. The molecular formula is C21H24ClN3. The number of aromatic nitrogens is 2. The summed E-state index contributed by atoms with van der Waals surface area (Å²) in [7, 11) is 0.